The highest BCUT2D eigenvalue weighted by atomic mass is 19.1. The molecular weight excluding hydrogens is 237 g/mol. The van der Waals surface area contributed by atoms with E-state index in [2.05, 4.69) is 26.1 Å². The Kier molecular flexibility index (Phi) is 7.73. The molecule has 0 amide bonds. The molecule has 0 aliphatic heterocycles. The van der Waals surface area contributed by atoms with E-state index < -0.39 is 0 Å². The van der Waals surface area contributed by atoms with E-state index in [0.29, 0.717) is 12.0 Å². The van der Waals surface area contributed by atoms with Gasteiger partial charge in [-0.1, -0.05) is 58.6 Å². The van der Waals surface area contributed by atoms with E-state index in [1.54, 1.807) is 12.1 Å². The fraction of sp³-hybridized carbons (Fsp3) is 0.647. The van der Waals surface area contributed by atoms with Crippen LogP contribution in [-0.4, -0.2) is 12.6 Å². The van der Waals surface area contributed by atoms with E-state index >= 15 is 0 Å². The molecule has 108 valence electrons. The number of halogens is 1. The Morgan fingerprint density at radius 3 is 2.32 bits per heavy atom. The van der Waals surface area contributed by atoms with Crippen LogP contribution in [-0.2, 0) is 0 Å². The summed E-state index contributed by atoms with van der Waals surface area (Å²) in [6, 6.07) is 7.51. The molecule has 0 saturated heterocycles. The Labute approximate surface area is 117 Å². The molecule has 1 N–H and O–H groups in total. The third-order valence-electron chi connectivity index (χ3n) is 3.52. The lowest BCUT2D eigenvalue weighted by Crippen LogP contribution is -2.28. The van der Waals surface area contributed by atoms with Crippen LogP contribution in [0.5, 0.6) is 0 Å². The van der Waals surface area contributed by atoms with Crippen LogP contribution >= 0.6 is 0 Å². The molecule has 1 rings (SSSR count). The summed E-state index contributed by atoms with van der Waals surface area (Å²) in [5.41, 5.74) is 1.26. The van der Waals surface area contributed by atoms with Gasteiger partial charge in [-0.15, -0.1) is 0 Å². The van der Waals surface area contributed by atoms with Gasteiger partial charge in [0, 0.05) is 12.6 Å². The van der Waals surface area contributed by atoms with Crippen molar-refractivity contribution in [2.24, 2.45) is 0 Å². The van der Waals surface area contributed by atoms with Gasteiger partial charge in [0.25, 0.3) is 0 Å². The second-order valence-electron chi connectivity index (χ2n) is 5.66. The van der Waals surface area contributed by atoms with E-state index in [0.717, 1.165) is 6.54 Å². The number of unbranched alkanes of at least 4 members (excludes halogenated alkanes) is 3. The molecule has 0 aliphatic carbocycles. The second-order valence-corrected chi connectivity index (χ2v) is 5.66. The second kappa shape index (κ2) is 9.08. The molecule has 0 saturated carbocycles. The zero-order valence-electron chi connectivity index (χ0n) is 12.6. The summed E-state index contributed by atoms with van der Waals surface area (Å²) in [4.78, 5) is 0. The lowest BCUT2D eigenvalue weighted by atomic mass is 9.92. The SMILES string of the molecule is CCCCCCC(CNC(C)C)c1ccc(F)cc1. The average Bonchev–Trinajstić information content (AvgIpc) is 2.39. The van der Waals surface area contributed by atoms with Gasteiger partial charge in [-0.05, 0) is 30.0 Å². The van der Waals surface area contributed by atoms with Gasteiger partial charge >= 0.3 is 0 Å². The highest BCUT2D eigenvalue weighted by Crippen LogP contribution is 2.22. The maximum atomic E-state index is 13.0. The third kappa shape index (κ3) is 6.72. The Morgan fingerprint density at radius 2 is 1.74 bits per heavy atom. The zero-order chi connectivity index (χ0) is 14.1. The third-order valence-corrected chi connectivity index (χ3v) is 3.52. The van der Waals surface area contributed by atoms with Crippen LogP contribution in [0.15, 0.2) is 24.3 Å². The molecule has 0 bridgehead atoms. The van der Waals surface area contributed by atoms with Crippen LogP contribution in [0.25, 0.3) is 0 Å². The molecule has 19 heavy (non-hydrogen) atoms. The standard InChI is InChI=1S/C17H28FN/c1-4-5-6-7-8-16(13-19-14(2)3)15-9-11-17(18)12-10-15/h9-12,14,16,19H,4-8,13H2,1-3H3. The minimum absolute atomic E-state index is 0.148. The predicted octanol–water partition coefficient (Wildman–Crippen LogP) is 4.88. The van der Waals surface area contributed by atoms with Gasteiger partial charge in [-0.3, -0.25) is 0 Å². The van der Waals surface area contributed by atoms with E-state index in [1.807, 2.05) is 12.1 Å². The summed E-state index contributed by atoms with van der Waals surface area (Å²) < 4.78 is 13.0. The van der Waals surface area contributed by atoms with Crippen molar-refractivity contribution < 1.29 is 4.39 Å². The Hall–Kier alpha value is -0.890. The zero-order valence-corrected chi connectivity index (χ0v) is 12.6. The number of nitrogens with one attached hydrogen (secondary N) is 1. The van der Waals surface area contributed by atoms with Gasteiger partial charge in [0.1, 0.15) is 5.82 Å². The minimum Gasteiger partial charge on any atom is -0.314 e. The van der Waals surface area contributed by atoms with Crippen molar-refractivity contribution in [3.63, 3.8) is 0 Å². The first-order chi connectivity index (χ1) is 9.13. The van der Waals surface area contributed by atoms with Crippen LogP contribution in [0, 0.1) is 5.82 Å². The fourth-order valence-corrected chi connectivity index (χ4v) is 2.32. The first-order valence-electron chi connectivity index (χ1n) is 7.62. The van der Waals surface area contributed by atoms with E-state index in [4.69, 9.17) is 0 Å². The van der Waals surface area contributed by atoms with E-state index in [-0.39, 0.29) is 5.82 Å². The van der Waals surface area contributed by atoms with Crippen molar-refractivity contribution in [1.29, 1.82) is 0 Å². The normalized spacial score (nSPS) is 12.9. The highest BCUT2D eigenvalue weighted by Gasteiger charge is 2.11. The van der Waals surface area contributed by atoms with Crippen LogP contribution in [0.3, 0.4) is 0 Å². The quantitative estimate of drug-likeness (QED) is 0.628. The first kappa shape index (κ1) is 16.2. The molecule has 1 aromatic rings. The Balaban J connectivity index is 2.54. The van der Waals surface area contributed by atoms with Crippen molar-refractivity contribution in [1.82, 2.24) is 5.32 Å². The number of hydrogen-bond donors (Lipinski definition) is 1. The predicted molar refractivity (Wildman–Crippen MR) is 81.0 cm³/mol. The van der Waals surface area contributed by atoms with Gasteiger partial charge in [-0.25, -0.2) is 4.39 Å². The summed E-state index contributed by atoms with van der Waals surface area (Å²) in [6.07, 6.45) is 6.33. The highest BCUT2D eigenvalue weighted by molar-refractivity contribution is 5.20. The molecular formula is C17H28FN. The van der Waals surface area contributed by atoms with Crippen molar-refractivity contribution in [3.8, 4) is 0 Å². The van der Waals surface area contributed by atoms with Gasteiger partial charge < -0.3 is 5.32 Å². The van der Waals surface area contributed by atoms with Crippen molar-refractivity contribution in [3.05, 3.63) is 35.6 Å². The molecule has 1 unspecified atom stereocenters. The number of hydrogen-bond acceptors (Lipinski definition) is 1. The van der Waals surface area contributed by atoms with Crippen LogP contribution in [0.1, 0.15) is 64.4 Å². The van der Waals surface area contributed by atoms with Crippen molar-refractivity contribution in [2.45, 2.75) is 64.8 Å². The molecule has 1 aromatic carbocycles. The molecule has 1 atom stereocenters. The molecule has 0 radical (unpaired) electrons. The maximum absolute atomic E-state index is 13.0. The molecule has 0 heterocycles. The summed E-state index contributed by atoms with van der Waals surface area (Å²) in [5.74, 6) is 0.352. The Bertz CT molecular complexity index is 332. The molecule has 0 spiro atoms. The smallest absolute Gasteiger partial charge is 0.123 e. The molecule has 1 nitrogen and oxygen atoms in total. The minimum atomic E-state index is -0.148. The number of benzene rings is 1. The largest absolute Gasteiger partial charge is 0.314 e. The first-order valence-corrected chi connectivity index (χ1v) is 7.62. The van der Waals surface area contributed by atoms with Crippen LogP contribution in [0.4, 0.5) is 4.39 Å². The molecule has 0 aliphatic rings. The topological polar surface area (TPSA) is 12.0 Å². The van der Waals surface area contributed by atoms with Gasteiger partial charge in [-0.2, -0.15) is 0 Å². The molecule has 0 fully saturated rings. The molecule has 0 aromatic heterocycles. The van der Waals surface area contributed by atoms with Crippen molar-refractivity contribution in [2.75, 3.05) is 6.54 Å². The summed E-state index contributed by atoms with van der Waals surface area (Å²) in [6.45, 7) is 7.55. The monoisotopic (exact) mass is 265 g/mol. The van der Waals surface area contributed by atoms with E-state index in [1.165, 1.54) is 37.7 Å². The van der Waals surface area contributed by atoms with E-state index in [9.17, 15) is 4.39 Å². The average molecular weight is 265 g/mol. The Morgan fingerprint density at radius 1 is 1.05 bits per heavy atom. The van der Waals surface area contributed by atoms with Crippen LogP contribution in [0.2, 0.25) is 0 Å². The molecule has 2 heteroatoms. The lowest BCUT2D eigenvalue weighted by Gasteiger charge is -2.20. The van der Waals surface area contributed by atoms with Gasteiger partial charge in [0.05, 0.1) is 0 Å². The number of rotatable bonds is 9. The summed E-state index contributed by atoms with van der Waals surface area (Å²) in [7, 11) is 0. The fourth-order valence-electron chi connectivity index (χ4n) is 2.32. The van der Waals surface area contributed by atoms with Crippen molar-refractivity contribution >= 4 is 0 Å². The van der Waals surface area contributed by atoms with Crippen LogP contribution < -0.4 is 5.32 Å². The summed E-state index contributed by atoms with van der Waals surface area (Å²) >= 11 is 0. The maximum Gasteiger partial charge on any atom is 0.123 e. The van der Waals surface area contributed by atoms with Gasteiger partial charge in [0.2, 0.25) is 0 Å². The lowest BCUT2D eigenvalue weighted by molar-refractivity contribution is 0.485. The van der Waals surface area contributed by atoms with Gasteiger partial charge in [0.15, 0.2) is 0 Å². The summed E-state index contributed by atoms with van der Waals surface area (Å²) in [5, 5.41) is 3.51.